The Morgan fingerprint density at radius 1 is 0.792 bits per heavy atom. The topological polar surface area (TPSA) is 266 Å². The van der Waals surface area contributed by atoms with Gasteiger partial charge in [-0.25, -0.2) is 22.5 Å². The second-order valence-corrected chi connectivity index (χ2v) is 19.9. The number of ether oxygens (including phenoxy) is 12. The molecule has 1 aromatic carbocycles. The Balaban J connectivity index is 0.607. The minimum atomic E-state index is -2.41. The van der Waals surface area contributed by atoms with Crippen LogP contribution in [0.15, 0.2) is 24.5 Å². The van der Waals surface area contributed by atoms with Crippen LogP contribution in [0.25, 0.3) is 11.0 Å². The van der Waals surface area contributed by atoms with Gasteiger partial charge in [0.25, 0.3) is 0 Å². The van der Waals surface area contributed by atoms with Crippen molar-refractivity contribution in [2.45, 2.75) is 82.4 Å². The summed E-state index contributed by atoms with van der Waals surface area (Å²) in [4.78, 5) is 41.9. The fourth-order valence-corrected chi connectivity index (χ4v) is 9.35. The molecule has 3 unspecified atom stereocenters. The number of nitrogens with zero attached hydrogens (tertiary/aromatic N) is 8. The molecule has 3 aromatic heterocycles. The molecule has 3 aliphatic rings. The van der Waals surface area contributed by atoms with E-state index in [0.29, 0.717) is 135 Å². The second kappa shape index (κ2) is 32.4. The van der Waals surface area contributed by atoms with E-state index in [2.05, 4.69) is 35.0 Å². The van der Waals surface area contributed by atoms with Gasteiger partial charge in [0, 0.05) is 30.6 Å². The van der Waals surface area contributed by atoms with Gasteiger partial charge in [-0.05, 0) is 50.1 Å². The molecule has 2 aliphatic heterocycles. The first kappa shape index (κ1) is 60.8. The predicted molar refractivity (Wildman–Crippen MR) is 266 cm³/mol. The number of carbonyl (C=O) groups excluding carboxylic acids is 1. The summed E-state index contributed by atoms with van der Waals surface area (Å²) in [5, 5.41) is 23.1. The number of anilines is 1. The number of rotatable bonds is 38. The molecular weight excluding hydrogens is 1070 g/mol. The van der Waals surface area contributed by atoms with Crippen molar-refractivity contribution < 1.29 is 89.7 Å². The third-order valence-electron chi connectivity index (χ3n) is 12.7. The van der Waals surface area contributed by atoms with Crippen LogP contribution in [0.4, 0.5) is 19.0 Å². The van der Waals surface area contributed by atoms with Gasteiger partial charge < -0.3 is 76.6 Å². The van der Waals surface area contributed by atoms with E-state index in [9.17, 15) is 32.9 Å². The van der Waals surface area contributed by atoms with Crippen molar-refractivity contribution in [3.05, 3.63) is 53.0 Å². The van der Waals surface area contributed by atoms with Crippen molar-refractivity contribution in [3.63, 3.8) is 0 Å². The average Bonchev–Trinajstić information content (AvgIpc) is 4.27. The normalized spacial score (nSPS) is 18.1. The predicted octanol–water partition coefficient (Wildman–Crippen LogP) is 3.89. The van der Waals surface area contributed by atoms with Crippen LogP contribution in [0.5, 0.6) is 5.75 Å². The number of hydrogen-bond acceptors (Lipinski definition) is 22. The van der Waals surface area contributed by atoms with Gasteiger partial charge in [0.05, 0.1) is 168 Å². The molecule has 4 aromatic rings. The number of aliphatic hydroxyl groups is 1. The zero-order valence-electron chi connectivity index (χ0n) is 42.8. The van der Waals surface area contributed by atoms with Crippen molar-refractivity contribution in [1.82, 2.24) is 34.7 Å². The summed E-state index contributed by atoms with van der Waals surface area (Å²) in [6.45, 7) is 8.05. The molecular formula is C48H69ClF3N8O16P. The highest BCUT2D eigenvalue weighted by atomic mass is 35.5. The number of benzene rings is 1. The molecule has 0 bridgehead atoms. The molecule has 2 saturated heterocycles. The highest BCUT2D eigenvalue weighted by molar-refractivity contribution is 7.45. The van der Waals surface area contributed by atoms with Crippen LogP contribution < -0.4 is 9.64 Å². The van der Waals surface area contributed by atoms with E-state index in [1.54, 1.807) is 21.8 Å². The lowest BCUT2D eigenvalue weighted by molar-refractivity contribution is -0.136. The van der Waals surface area contributed by atoms with Gasteiger partial charge >= 0.3 is 5.97 Å². The second-order valence-electron chi connectivity index (χ2n) is 18.4. The molecule has 1 saturated carbocycles. The summed E-state index contributed by atoms with van der Waals surface area (Å²) >= 11 is 6.44. The molecule has 29 heteroatoms. The molecule has 7 rings (SSSR count). The smallest absolute Gasteiger partial charge is 0.313 e. The molecule has 0 amide bonds. The number of fused-ring (bicyclic) bond motifs is 1. The van der Waals surface area contributed by atoms with Crippen molar-refractivity contribution >= 4 is 42.8 Å². The molecule has 0 radical (unpaired) electrons. The first-order valence-electron chi connectivity index (χ1n) is 25.7. The Morgan fingerprint density at radius 3 is 2.01 bits per heavy atom. The van der Waals surface area contributed by atoms with Gasteiger partial charge in [0.1, 0.15) is 23.2 Å². The fraction of sp³-hybridized carbons (Fsp3) is 0.708. The highest BCUT2D eigenvalue weighted by Crippen LogP contribution is 2.47. The summed E-state index contributed by atoms with van der Waals surface area (Å²) in [6.07, 6.45) is 8.22. The molecule has 5 heterocycles. The van der Waals surface area contributed by atoms with Crippen molar-refractivity contribution in [1.29, 1.82) is 0 Å². The SMILES string of the molecule is O=C(CCOCCOCCOCCOCCn1cc(COCCOCCOCCOCCOC2CCC3(CC2)CN(c2nc(Cl)nc4c2cnn4C2CCC(COC(CO)P(O)O)O2)C3)nn1)Oc1c(F)cc(F)cc1F. The van der Waals surface area contributed by atoms with Gasteiger partial charge in [0.2, 0.25) is 11.0 Å². The van der Waals surface area contributed by atoms with Crippen LogP contribution in [0.3, 0.4) is 0 Å². The molecule has 3 atom stereocenters. The number of carbonyl (C=O) groups is 1. The van der Waals surface area contributed by atoms with E-state index in [0.717, 1.165) is 50.0 Å². The molecule has 3 N–H and O–H groups in total. The third-order valence-corrected chi connectivity index (χ3v) is 13.7. The Morgan fingerprint density at radius 2 is 1.39 bits per heavy atom. The van der Waals surface area contributed by atoms with Crippen LogP contribution in [-0.2, 0) is 70.1 Å². The lowest BCUT2D eigenvalue weighted by atomic mass is 9.68. The van der Waals surface area contributed by atoms with E-state index < -0.39 is 56.2 Å². The maximum atomic E-state index is 13.6. The summed E-state index contributed by atoms with van der Waals surface area (Å²) < 4.78 is 110. The Labute approximate surface area is 449 Å². The van der Waals surface area contributed by atoms with Crippen molar-refractivity contribution in [2.75, 3.05) is 137 Å². The fourth-order valence-electron chi connectivity index (χ4n) is 8.83. The minimum Gasteiger partial charge on any atom is -0.420 e. The first-order valence-corrected chi connectivity index (χ1v) is 27.4. The van der Waals surface area contributed by atoms with E-state index in [1.165, 1.54) is 0 Å². The Hall–Kier alpha value is -3.87. The maximum absolute atomic E-state index is 13.6. The van der Waals surface area contributed by atoms with Gasteiger partial charge in [-0.1, -0.05) is 5.21 Å². The van der Waals surface area contributed by atoms with Crippen LogP contribution in [0.1, 0.15) is 56.9 Å². The summed E-state index contributed by atoms with van der Waals surface area (Å²) in [6, 6.07) is 0.846. The van der Waals surface area contributed by atoms with E-state index in [4.69, 9.17) is 63.7 Å². The lowest BCUT2D eigenvalue weighted by Gasteiger charge is -2.54. The summed E-state index contributed by atoms with van der Waals surface area (Å²) in [7, 11) is -2.41. The van der Waals surface area contributed by atoms with Crippen LogP contribution in [0, 0.1) is 22.9 Å². The lowest BCUT2D eigenvalue weighted by Crippen LogP contribution is -2.58. The van der Waals surface area contributed by atoms with Crippen LogP contribution in [0.2, 0.25) is 5.28 Å². The zero-order chi connectivity index (χ0) is 54.2. The summed E-state index contributed by atoms with van der Waals surface area (Å²) in [5.41, 5.74) is 1.48. The van der Waals surface area contributed by atoms with Gasteiger partial charge in [-0.15, -0.1) is 5.10 Å². The Kier molecular flexibility index (Phi) is 25.6. The van der Waals surface area contributed by atoms with E-state index in [-0.39, 0.29) is 55.8 Å². The number of aromatic nitrogens is 7. The minimum absolute atomic E-state index is 0.0498. The monoisotopic (exact) mass is 1140 g/mol. The van der Waals surface area contributed by atoms with E-state index in [1.807, 2.05) is 0 Å². The zero-order valence-corrected chi connectivity index (χ0v) is 44.5. The molecule has 3 fully saturated rings. The number of hydrogen-bond donors (Lipinski definition) is 3. The van der Waals surface area contributed by atoms with Crippen molar-refractivity contribution in [2.24, 2.45) is 5.41 Å². The average molecular weight is 1140 g/mol. The Bertz CT molecular complexity index is 2350. The third kappa shape index (κ3) is 19.7. The first-order chi connectivity index (χ1) is 37.5. The molecule has 24 nitrogen and oxygen atoms in total. The largest absolute Gasteiger partial charge is 0.420 e. The van der Waals surface area contributed by atoms with Gasteiger partial charge in [-0.2, -0.15) is 15.1 Å². The van der Waals surface area contributed by atoms with E-state index >= 15 is 0 Å². The van der Waals surface area contributed by atoms with Crippen LogP contribution >= 0.6 is 20.0 Å². The van der Waals surface area contributed by atoms with Crippen molar-refractivity contribution in [3.8, 4) is 5.75 Å². The number of esters is 1. The molecule has 1 aliphatic carbocycles. The number of aliphatic hydroxyl groups excluding tert-OH is 1. The van der Waals surface area contributed by atoms with Crippen LogP contribution in [-0.4, -0.2) is 206 Å². The quantitative estimate of drug-likeness (QED) is 0.0189. The summed E-state index contributed by atoms with van der Waals surface area (Å²) in [5.74, 6) is -5.88. The van der Waals surface area contributed by atoms with Gasteiger partial charge in [-0.3, -0.25) is 4.79 Å². The maximum Gasteiger partial charge on any atom is 0.313 e. The highest BCUT2D eigenvalue weighted by Gasteiger charge is 2.46. The molecule has 430 valence electrons. The molecule has 1 spiro atoms. The molecule has 77 heavy (non-hydrogen) atoms. The number of halogens is 4. The van der Waals surface area contributed by atoms with Gasteiger partial charge in [0.15, 0.2) is 31.9 Å². The standard InChI is InChI=1S/C48H69ClF3N8O16P/c49-47-54-45(38-27-53-60(46(38)55-47)41-2-1-37(75-41)31-74-43(29-61)77(63)64)58-32-48(33-58)6-3-36(4-7-48)73-24-23-71-20-19-69-17-18-70-21-22-72-30-35-28-59(57-56-35)8-10-66-12-14-68-16-15-67-13-11-65-9-5-42(62)76-44-39(51)25-34(50)26-40(44)52/h25-28,36-37,41,43,61,63-64H,1-24,29-33H2.